The Morgan fingerprint density at radius 1 is 1.30 bits per heavy atom. The predicted octanol–water partition coefficient (Wildman–Crippen LogP) is 4.95. The number of anilines is 1. The van der Waals surface area contributed by atoms with Crippen LogP contribution in [0.25, 0.3) is 0 Å². The Balaban J connectivity index is 1.66. The van der Waals surface area contributed by atoms with Gasteiger partial charge in [-0.05, 0) is 37.1 Å². The fourth-order valence-electron chi connectivity index (χ4n) is 2.89. The van der Waals surface area contributed by atoms with Crippen molar-refractivity contribution in [3.63, 3.8) is 0 Å². The number of nitrogens with one attached hydrogen (secondary N) is 1. The SMILES string of the molecule is C=CCn1c(COc2cc(C)ccc2C)nnc1SCC(=O)Nc1cc([N+](=O)[O-])ccc1Cl. The van der Waals surface area contributed by atoms with Gasteiger partial charge in [-0.15, -0.1) is 16.8 Å². The molecular formula is C22H22ClN5O4S. The molecule has 0 unspecified atom stereocenters. The number of amides is 1. The number of allylic oxidation sites excluding steroid dienone is 1. The minimum absolute atomic E-state index is 0.00609. The molecule has 2 aromatic carbocycles. The standard InChI is InChI=1S/C22H22ClN5O4S/c1-4-9-27-20(12-32-19-10-14(2)5-6-15(19)3)25-26-22(27)33-13-21(29)24-18-11-16(28(30)31)7-8-17(18)23/h4-8,10-11H,1,9,12-13H2,2-3H3,(H,24,29). The van der Waals surface area contributed by atoms with Gasteiger partial charge in [-0.25, -0.2) is 0 Å². The van der Waals surface area contributed by atoms with Crippen molar-refractivity contribution in [2.75, 3.05) is 11.1 Å². The molecule has 33 heavy (non-hydrogen) atoms. The summed E-state index contributed by atoms with van der Waals surface area (Å²) < 4.78 is 7.75. The first-order chi connectivity index (χ1) is 15.8. The molecule has 0 radical (unpaired) electrons. The van der Waals surface area contributed by atoms with E-state index in [1.54, 1.807) is 6.08 Å². The lowest BCUT2D eigenvalue weighted by Gasteiger charge is -2.11. The summed E-state index contributed by atoms with van der Waals surface area (Å²) in [6.07, 6.45) is 1.71. The highest BCUT2D eigenvalue weighted by molar-refractivity contribution is 7.99. The Bertz CT molecular complexity index is 1200. The molecule has 0 fully saturated rings. The predicted molar refractivity (Wildman–Crippen MR) is 128 cm³/mol. The van der Waals surface area contributed by atoms with E-state index in [4.69, 9.17) is 16.3 Å². The van der Waals surface area contributed by atoms with Crippen LogP contribution in [0.4, 0.5) is 11.4 Å². The number of carbonyl (C=O) groups excluding carboxylic acids is 1. The molecular weight excluding hydrogens is 466 g/mol. The summed E-state index contributed by atoms with van der Waals surface area (Å²) in [5, 5.41) is 22.6. The van der Waals surface area contributed by atoms with Crippen molar-refractivity contribution in [2.45, 2.75) is 32.2 Å². The van der Waals surface area contributed by atoms with Crippen molar-refractivity contribution in [3.8, 4) is 5.75 Å². The Kier molecular flexibility index (Phi) is 8.07. The van der Waals surface area contributed by atoms with Gasteiger partial charge in [0.1, 0.15) is 12.4 Å². The van der Waals surface area contributed by atoms with E-state index in [9.17, 15) is 14.9 Å². The van der Waals surface area contributed by atoms with E-state index >= 15 is 0 Å². The molecule has 1 N–H and O–H groups in total. The summed E-state index contributed by atoms with van der Waals surface area (Å²) >= 11 is 7.22. The van der Waals surface area contributed by atoms with Gasteiger partial charge in [0.15, 0.2) is 11.0 Å². The molecule has 1 aromatic heterocycles. The minimum Gasteiger partial charge on any atom is -0.485 e. The van der Waals surface area contributed by atoms with Crippen molar-refractivity contribution >= 4 is 40.6 Å². The van der Waals surface area contributed by atoms with Crippen LogP contribution >= 0.6 is 23.4 Å². The molecule has 0 atom stereocenters. The number of nitro benzene ring substituents is 1. The average Bonchev–Trinajstić information content (AvgIpc) is 3.16. The molecule has 0 aliphatic heterocycles. The molecule has 0 spiro atoms. The van der Waals surface area contributed by atoms with Crippen molar-refractivity contribution in [1.82, 2.24) is 14.8 Å². The molecule has 1 amide bonds. The second-order valence-corrected chi connectivity index (χ2v) is 8.46. The zero-order valence-corrected chi connectivity index (χ0v) is 19.7. The number of non-ortho nitro benzene ring substituents is 1. The van der Waals surface area contributed by atoms with Crippen molar-refractivity contribution in [2.24, 2.45) is 0 Å². The van der Waals surface area contributed by atoms with Crippen molar-refractivity contribution in [3.05, 3.63) is 81.1 Å². The number of nitrogens with zero attached hydrogens (tertiary/aromatic N) is 4. The normalized spacial score (nSPS) is 10.6. The lowest BCUT2D eigenvalue weighted by atomic mass is 10.1. The molecule has 0 saturated carbocycles. The highest BCUT2D eigenvalue weighted by Crippen LogP contribution is 2.27. The van der Waals surface area contributed by atoms with Crippen molar-refractivity contribution in [1.29, 1.82) is 0 Å². The minimum atomic E-state index is -0.555. The first-order valence-corrected chi connectivity index (χ1v) is 11.2. The third-order valence-corrected chi connectivity index (χ3v) is 5.87. The number of nitro groups is 1. The van der Waals surface area contributed by atoms with Gasteiger partial charge in [-0.1, -0.05) is 41.6 Å². The number of thioether (sulfide) groups is 1. The molecule has 0 aliphatic carbocycles. The number of aromatic nitrogens is 3. The number of aryl methyl sites for hydroxylation is 2. The quantitative estimate of drug-likeness (QED) is 0.186. The van der Waals surface area contributed by atoms with Gasteiger partial charge < -0.3 is 10.1 Å². The second-order valence-electron chi connectivity index (χ2n) is 7.11. The zero-order valence-electron chi connectivity index (χ0n) is 18.1. The summed E-state index contributed by atoms with van der Waals surface area (Å²) in [5.74, 6) is 0.987. The van der Waals surface area contributed by atoms with Gasteiger partial charge in [0.2, 0.25) is 5.91 Å². The van der Waals surface area contributed by atoms with Crippen LogP contribution in [0, 0.1) is 24.0 Å². The van der Waals surface area contributed by atoms with E-state index in [1.807, 2.05) is 36.6 Å². The molecule has 0 bridgehead atoms. The summed E-state index contributed by atoms with van der Waals surface area (Å²) in [7, 11) is 0. The topological polar surface area (TPSA) is 112 Å². The number of hydrogen-bond donors (Lipinski definition) is 1. The average molecular weight is 488 g/mol. The van der Waals surface area contributed by atoms with Gasteiger partial charge in [0.25, 0.3) is 5.69 Å². The van der Waals surface area contributed by atoms with Crippen LogP contribution in [-0.4, -0.2) is 31.3 Å². The molecule has 9 nitrogen and oxygen atoms in total. The summed E-state index contributed by atoms with van der Waals surface area (Å²) in [5.41, 5.74) is 2.11. The Morgan fingerprint density at radius 2 is 2.09 bits per heavy atom. The van der Waals surface area contributed by atoms with E-state index in [1.165, 1.54) is 30.0 Å². The van der Waals surface area contributed by atoms with E-state index in [-0.39, 0.29) is 34.7 Å². The number of benzene rings is 2. The second kappa shape index (κ2) is 11.0. The number of carbonyl (C=O) groups is 1. The molecule has 0 aliphatic rings. The van der Waals surface area contributed by atoms with Gasteiger partial charge in [-0.3, -0.25) is 19.5 Å². The summed E-state index contributed by atoms with van der Waals surface area (Å²) in [6, 6.07) is 9.82. The number of ether oxygens (including phenoxy) is 1. The third kappa shape index (κ3) is 6.33. The monoisotopic (exact) mass is 487 g/mol. The van der Waals surface area contributed by atoms with Crippen LogP contribution in [0.3, 0.4) is 0 Å². The maximum absolute atomic E-state index is 12.4. The smallest absolute Gasteiger partial charge is 0.271 e. The van der Waals surface area contributed by atoms with Crippen LogP contribution in [0.2, 0.25) is 5.02 Å². The summed E-state index contributed by atoms with van der Waals surface area (Å²) in [4.78, 5) is 22.8. The maximum atomic E-state index is 12.4. The van der Waals surface area contributed by atoms with Crippen LogP contribution in [-0.2, 0) is 17.9 Å². The molecule has 3 aromatic rings. The van der Waals surface area contributed by atoms with E-state index in [0.29, 0.717) is 17.5 Å². The Hall–Kier alpha value is -3.37. The lowest BCUT2D eigenvalue weighted by molar-refractivity contribution is -0.384. The van der Waals surface area contributed by atoms with Gasteiger partial charge in [0.05, 0.1) is 21.4 Å². The first kappa shape index (κ1) is 24.3. The van der Waals surface area contributed by atoms with E-state index < -0.39 is 4.92 Å². The number of hydrogen-bond acceptors (Lipinski definition) is 7. The highest BCUT2D eigenvalue weighted by Gasteiger charge is 2.16. The van der Waals surface area contributed by atoms with Crippen LogP contribution in [0.1, 0.15) is 17.0 Å². The largest absolute Gasteiger partial charge is 0.485 e. The third-order valence-electron chi connectivity index (χ3n) is 4.57. The maximum Gasteiger partial charge on any atom is 0.271 e. The number of rotatable bonds is 10. The Labute approximate surface area is 200 Å². The van der Waals surface area contributed by atoms with Gasteiger partial charge >= 0.3 is 0 Å². The fourth-order valence-corrected chi connectivity index (χ4v) is 3.82. The molecule has 3 rings (SSSR count). The van der Waals surface area contributed by atoms with Crippen LogP contribution in [0.5, 0.6) is 5.75 Å². The van der Waals surface area contributed by atoms with Crippen molar-refractivity contribution < 1.29 is 14.5 Å². The van der Waals surface area contributed by atoms with E-state index in [2.05, 4.69) is 22.1 Å². The summed E-state index contributed by atoms with van der Waals surface area (Å²) in [6.45, 7) is 8.38. The lowest BCUT2D eigenvalue weighted by Crippen LogP contribution is -2.15. The van der Waals surface area contributed by atoms with Crippen LogP contribution in [0.15, 0.2) is 54.2 Å². The molecule has 1 heterocycles. The van der Waals surface area contributed by atoms with Gasteiger partial charge in [0, 0.05) is 18.7 Å². The molecule has 0 saturated heterocycles. The first-order valence-electron chi connectivity index (χ1n) is 9.88. The molecule has 11 heteroatoms. The van der Waals surface area contributed by atoms with Crippen LogP contribution < -0.4 is 10.1 Å². The molecule has 172 valence electrons. The highest BCUT2D eigenvalue weighted by atomic mass is 35.5. The zero-order chi connectivity index (χ0) is 24.0. The van der Waals surface area contributed by atoms with Gasteiger partial charge in [-0.2, -0.15) is 0 Å². The van der Waals surface area contributed by atoms with E-state index in [0.717, 1.165) is 16.9 Å². The number of halogens is 1. The fraction of sp³-hybridized carbons (Fsp3) is 0.227. The Morgan fingerprint density at radius 3 is 2.82 bits per heavy atom.